The molecule has 0 unspecified atom stereocenters. The van der Waals surface area contributed by atoms with E-state index < -0.39 is 0 Å². The molecule has 0 aromatic carbocycles. The zero-order valence-corrected chi connectivity index (χ0v) is 7.59. The van der Waals surface area contributed by atoms with Gasteiger partial charge in [-0.05, 0) is 6.07 Å². The van der Waals surface area contributed by atoms with E-state index in [1.165, 1.54) is 7.11 Å². The van der Waals surface area contributed by atoms with E-state index in [1.54, 1.807) is 19.3 Å². The van der Waals surface area contributed by atoms with Crippen molar-refractivity contribution < 1.29 is 4.74 Å². The molecule has 70 valence electrons. The lowest BCUT2D eigenvalue weighted by molar-refractivity contribution is 0.401. The SMILES string of the molecule is CNc1cnc(N)c(C(=N)OC)c1. The Balaban J connectivity index is 3.11. The molecule has 0 spiro atoms. The van der Waals surface area contributed by atoms with E-state index in [0.29, 0.717) is 11.4 Å². The summed E-state index contributed by atoms with van der Waals surface area (Å²) in [5.74, 6) is 0.313. The molecule has 0 aliphatic carbocycles. The first kappa shape index (κ1) is 9.31. The second-order valence-electron chi connectivity index (χ2n) is 2.44. The molecule has 1 heterocycles. The van der Waals surface area contributed by atoms with Gasteiger partial charge in [-0.3, -0.25) is 5.41 Å². The number of hydrogen-bond donors (Lipinski definition) is 3. The summed E-state index contributed by atoms with van der Waals surface area (Å²) in [6.45, 7) is 0. The molecule has 0 aliphatic heterocycles. The van der Waals surface area contributed by atoms with Gasteiger partial charge in [0.15, 0.2) is 0 Å². The second-order valence-corrected chi connectivity index (χ2v) is 2.44. The van der Waals surface area contributed by atoms with Crippen molar-refractivity contribution >= 4 is 17.4 Å². The molecule has 0 saturated heterocycles. The molecule has 0 saturated carbocycles. The van der Waals surface area contributed by atoms with Crippen LogP contribution in [0.2, 0.25) is 0 Å². The van der Waals surface area contributed by atoms with Crippen LogP contribution in [0.15, 0.2) is 12.3 Å². The Hall–Kier alpha value is -1.78. The fraction of sp³-hybridized carbons (Fsp3) is 0.250. The molecule has 13 heavy (non-hydrogen) atoms. The highest BCUT2D eigenvalue weighted by molar-refractivity contribution is 5.96. The molecule has 5 heteroatoms. The monoisotopic (exact) mass is 180 g/mol. The highest BCUT2D eigenvalue weighted by atomic mass is 16.5. The smallest absolute Gasteiger partial charge is 0.216 e. The highest BCUT2D eigenvalue weighted by Gasteiger charge is 2.07. The number of nitrogens with one attached hydrogen (secondary N) is 2. The molecule has 0 radical (unpaired) electrons. The summed E-state index contributed by atoms with van der Waals surface area (Å²) in [6.07, 6.45) is 1.60. The maximum absolute atomic E-state index is 7.42. The van der Waals surface area contributed by atoms with E-state index in [0.717, 1.165) is 5.69 Å². The van der Waals surface area contributed by atoms with Crippen molar-refractivity contribution in [3.63, 3.8) is 0 Å². The minimum atomic E-state index is 0.0158. The molecular formula is C8H12N4O. The number of anilines is 2. The van der Waals surface area contributed by atoms with Crippen molar-refractivity contribution in [3.8, 4) is 0 Å². The summed E-state index contributed by atoms with van der Waals surface area (Å²) in [6, 6.07) is 1.72. The van der Waals surface area contributed by atoms with Crippen molar-refractivity contribution in [1.82, 2.24) is 4.98 Å². The van der Waals surface area contributed by atoms with Gasteiger partial charge in [-0.15, -0.1) is 0 Å². The average molecular weight is 180 g/mol. The maximum atomic E-state index is 7.42. The minimum absolute atomic E-state index is 0.0158. The van der Waals surface area contributed by atoms with Crippen LogP contribution < -0.4 is 11.1 Å². The highest BCUT2D eigenvalue weighted by Crippen LogP contribution is 2.14. The molecule has 0 bridgehead atoms. The van der Waals surface area contributed by atoms with E-state index in [1.807, 2.05) is 0 Å². The molecule has 0 aliphatic rings. The first-order valence-electron chi connectivity index (χ1n) is 3.75. The fourth-order valence-corrected chi connectivity index (χ4v) is 0.904. The third-order valence-electron chi connectivity index (χ3n) is 1.66. The molecule has 1 aromatic heterocycles. The van der Waals surface area contributed by atoms with Gasteiger partial charge in [-0.1, -0.05) is 0 Å². The summed E-state index contributed by atoms with van der Waals surface area (Å²) < 4.78 is 4.75. The molecule has 0 fully saturated rings. The third kappa shape index (κ3) is 1.87. The number of nitrogens with two attached hydrogens (primary N) is 1. The Morgan fingerprint density at radius 3 is 2.92 bits per heavy atom. The number of aromatic nitrogens is 1. The normalized spacial score (nSPS) is 9.38. The Morgan fingerprint density at radius 2 is 2.38 bits per heavy atom. The van der Waals surface area contributed by atoms with Gasteiger partial charge in [0.05, 0.1) is 24.6 Å². The quantitative estimate of drug-likeness (QED) is 0.461. The van der Waals surface area contributed by atoms with E-state index >= 15 is 0 Å². The van der Waals surface area contributed by atoms with Crippen LogP contribution in [0.25, 0.3) is 0 Å². The number of methoxy groups -OCH3 is 1. The van der Waals surface area contributed by atoms with Crippen LogP contribution in [0, 0.1) is 5.41 Å². The predicted molar refractivity (Wildman–Crippen MR) is 52.0 cm³/mol. The Bertz CT molecular complexity index is 324. The Morgan fingerprint density at radius 1 is 1.69 bits per heavy atom. The van der Waals surface area contributed by atoms with Crippen molar-refractivity contribution in [2.75, 3.05) is 25.2 Å². The molecule has 4 N–H and O–H groups in total. The van der Waals surface area contributed by atoms with Crippen molar-refractivity contribution in [3.05, 3.63) is 17.8 Å². The van der Waals surface area contributed by atoms with Gasteiger partial charge in [0.2, 0.25) is 5.90 Å². The third-order valence-corrected chi connectivity index (χ3v) is 1.66. The zero-order valence-electron chi connectivity index (χ0n) is 7.59. The summed E-state index contributed by atoms with van der Waals surface area (Å²) in [5.41, 5.74) is 6.85. The summed E-state index contributed by atoms with van der Waals surface area (Å²) in [7, 11) is 3.20. The number of nitrogen functional groups attached to an aromatic ring is 1. The van der Waals surface area contributed by atoms with Gasteiger partial charge >= 0.3 is 0 Å². The standard InChI is InChI=1S/C8H12N4O/c1-11-5-3-6(8(10)13-2)7(9)12-4-5/h3-4,10-11H,1-2H3,(H2,9,12). The van der Waals surface area contributed by atoms with E-state index in [2.05, 4.69) is 10.3 Å². The zero-order chi connectivity index (χ0) is 9.84. The number of hydrogen-bond acceptors (Lipinski definition) is 5. The van der Waals surface area contributed by atoms with E-state index in [4.69, 9.17) is 15.9 Å². The van der Waals surface area contributed by atoms with Gasteiger partial charge < -0.3 is 15.8 Å². The lowest BCUT2D eigenvalue weighted by Crippen LogP contribution is -2.08. The van der Waals surface area contributed by atoms with Crippen molar-refractivity contribution in [2.45, 2.75) is 0 Å². The van der Waals surface area contributed by atoms with Crippen LogP contribution in [0.1, 0.15) is 5.56 Å². The second kappa shape index (κ2) is 3.75. The topological polar surface area (TPSA) is 84.0 Å². The molecule has 1 rings (SSSR count). The van der Waals surface area contributed by atoms with Crippen LogP contribution in [0.5, 0.6) is 0 Å². The fourth-order valence-electron chi connectivity index (χ4n) is 0.904. The number of ether oxygens (including phenoxy) is 1. The van der Waals surface area contributed by atoms with Crippen LogP contribution in [0.3, 0.4) is 0 Å². The maximum Gasteiger partial charge on any atom is 0.216 e. The van der Waals surface area contributed by atoms with Crippen molar-refractivity contribution in [1.29, 1.82) is 5.41 Å². The first-order valence-corrected chi connectivity index (χ1v) is 3.75. The summed E-state index contributed by atoms with van der Waals surface area (Å²) in [5, 5.41) is 10.3. The van der Waals surface area contributed by atoms with Gasteiger partial charge in [-0.2, -0.15) is 0 Å². The lowest BCUT2D eigenvalue weighted by Gasteiger charge is -2.07. The van der Waals surface area contributed by atoms with E-state index in [-0.39, 0.29) is 5.90 Å². The number of nitrogens with zero attached hydrogens (tertiary/aromatic N) is 1. The number of pyridine rings is 1. The molecule has 0 amide bonds. The van der Waals surface area contributed by atoms with Crippen LogP contribution in [0.4, 0.5) is 11.5 Å². The van der Waals surface area contributed by atoms with Gasteiger partial charge in [0.1, 0.15) is 5.82 Å². The molecule has 1 aromatic rings. The average Bonchev–Trinajstić information content (AvgIpc) is 2.17. The summed E-state index contributed by atoms with van der Waals surface area (Å²) >= 11 is 0. The van der Waals surface area contributed by atoms with Gasteiger partial charge in [0, 0.05) is 7.05 Å². The van der Waals surface area contributed by atoms with Crippen LogP contribution >= 0.6 is 0 Å². The van der Waals surface area contributed by atoms with Crippen LogP contribution in [-0.4, -0.2) is 25.0 Å². The lowest BCUT2D eigenvalue weighted by atomic mass is 10.2. The first-order chi connectivity index (χ1) is 6.19. The summed E-state index contributed by atoms with van der Waals surface area (Å²) in [4.78, 5) is 3.91. The number of rotatable bonds is 2. The Kier molecular flexibility index (Phi) is 2.69. The molecular weight excluding hydrogens is 168 g/mol. The minimum Gasteiger partial charge on any atom is -0.481 e. The van der Waals surface area contributed by atoms with E-state index in [9.17, 15) is 0 Å². The largest absolute Gasteiger partial charge is 0.481 e. The van der Waals surface area contributed by atoms with Crippen molar-refractivity contribution in [2.24, 2.45) is 0 Å². The molecule has 0 atom stereocenters. The van der Waals surface area contributed by atoms with Crippen LogP contribution in [-0.2, 0) is 4.74 Å². The van der Waals surface area contributed by atoms with Gasteiger partial charge in [-0.25, -0.2) is 4.98 Å². The molecule has 5 nitrogen and oxygen atoms in total. The Labute approximate surface area is 76.4 Å². The predicted octanol–water partition coefficient (Wildman–Crippen LogP) is 0.677. The van der Waals surface area contributed by atoms with Gasteiger partial charge in [0.25, 0.3) is 0 Å².